The quantitative estimate of drug-likeness (QED) is 0.208. The van der Waals surface area contributed by atoms with Crippen LogP contribution in [0.15, 0.2) is 36.4 Å². The van der Waals surface area contributed by atoms with Gasteiger partial charge in [0.15, 0.2) is 11.5 Å². The van der Waals surface area contributed by atoms with Crippen LogP contribution in [0.2, 0.25) is 0 Å². The number of imidazole rings is 1. The zero-order valence-electron chi connectivity index (χ0n) is 23.0. The van der Waals surface area contributed by atoms with Crippen LogP contribution in [-0.4, -0.2) is 43.3 Å². The highest BCUT2D eigenvalue weighted by Gasteiger charge is 2.17. The van der Waals surface area contributed by atoms with Crippen LogP contribution in [0.3, 0.4) is 0 Å². The first-order valence-electron chi connectivity index (χ1n) is 13.6. The fourth-order valence-electron chi connectivity index (χ4n) is 4.75. The molecule has 0 unspecified atom stereocenters. The monoisotopic (exact) mass is 509 g/mol. The van der Waals surface area contributed by atoms with Gasteiger partial charge in [-0.1, -0.05) is 70.4 Å². The number of benzene rings is 2. The maximum Gasteiger partial charge on any atom is 0.251 e. The summed E-state index contributed by atoms with van der Waals surface area (Å²) in [6, 6.07) is 11.6. The van der Waals surface area contributed by atoms with Gasteiger partial charge in [-0.3, -0.25) is 4.79 Å². The zero-order chi connectivity index (χ0) is 26.5. The van der Waals surface area contributed by atoms with Crippen LogP contribution in [-0.2, 0) is 13.0 Å². The molecule has 0 saturated carbocycles. The minimum absolute atomic E-state index is 0.194. The van der Waals surface area contributed by atoms with E-state index in [1.165, 1.54) is 65.6 Å². The van der Waals surface area contributed by atoms with Crippen molar-refractivity contribution in [3.63, 3.8) is 0 Å². The summed E-state index contributed by atoms with van der Waals surface area (Å²) in [6.45, 7) is 3.70. The van der Waals surface area contributed by atoms with Gasteiger partial charge in [0.2, 0.25) is 5.75 Å². The van der Waals surface area contributed by atoms with E-state index in [9.17, 15) is 4.79 Å². The summed E-state index contributed by atoms with van der Waals surface area (Å²) < 4.78 is 18.4. The maximum atomic E-state index is 12.9. The summed E-state index contributed by atoms with van der Waals surface area (Å²) in [5, 5.41) is 3.02. The molecule has 2 aromatic carbocycles. The van der Waals surface area contributed by atoms with Crippen LogP contribution in [0.5, 0.6) is 17.2 Å². The van der Waals surface area contributed by atoms with Gasteiger partial charge in [0.25, 0.3) is 5.91 Å². The second-order valence-electron chi connectivity index (χ2n) is 9.42. The molecule has 1 N–H and O–H groups in total. The Labute approximate surface area is 221 Å². The fraction of sp³-hybridized carbons (Fsp3) is 0.533. The van der Waals surface area contributed by atoms with Crippen LogP contribution in [0, 0.1) is 0 Å². The SMILES string of the molecule is CCCCCCCCCCCn1c(CCNC(=O)c2cc(OC)c(OC)c(OC)c2)nc2ccccc21. The molecular weight excluding hydrogens is 466 g/mol. The second-order valence-corrected chi connectivity index (χ2v) is 9.42. The van der Waals surface area contributed by atoms with Gasteiger partial charge in [-0.05, 0) is 30.7 Å². The van der Waals surface area contributed by atoms with Crippen molar-refractivity contribution in [1.82, 2.24) is 14.9 Å². The van der Waals surface area contributed by atoms with Crippen molar-refractivity contribution in [3.8, 4) is 17.2 Å². The number of hydrogen-bond donors (Lipinski definition) is 1. The number of nitrogens with one attached hydrogen (secondary N) is 1. The standard InChI is InChI=1S/C30H43N3O4/c1-5-6-7-8-9-10-11-12-15-20-33-25-17-14-13-16-24(25)32-28(33)18-19-31-30(34)23-21-26(35-2)29(37-4)27(22-23)36-3/h13-14,16-17,21-22H,5-12,15,18-20H2,1-4H3,(H,31,34). The summed E-state index contributed by atoms with van der Waals surface area (Å²) in [5.74, 6) is 2.18. The van der Waals surface area contributed by atoms with Gasteiger partial charge in [0.05, 0.1) is 32.4 Å². The molecule has 202 valence electrons. The Hall–Kier alpha value is -3.22. The number of fused-ring (bicyclic) bond motifs is 1. The number of aryl methyl sites for hydroxylation is 1. The zero-order valence-corrected chi connectivity index (χ0v) is 23.0. The molecule has 1 amide bonds. The van der Waals surface area contributed by atoms with Crippen molar-refractivity contribution in [2.24, 2.45) is 0 Å². The van der Waals surface area contributed by atoms with Gasteiger partial charge in [0.1, 0.15) is 5.82 Å². The van der Waals surface area contributed by atoms with Crippen LogP contribution >= 0.6 is 0 Å². The van der Waals surface area contributed by atoms with Gasteiger partial charge in [-0.2, -0.15) is 0 Å². The molecule has 0 saturated heterocycles. The smallest absolute Gasteiger partial charge is 0.251 e. The summed E-state index contributed by atoms with van der Waals surface area (Å²) in [5.41, 5.74) is 2.62. The largest absolute Gasteiger partial charge is 0.493 e. The minimum atomic E-state index is -0.194. The summed E-state index contributed by atoms with van der Waals surface area (Å²) >= 11 is 0. The Kier molecular flexibility index (Phi) is 11.6. The van der Waals surface area contributed by atoms with Crippen molar-refractivity contribution in [2.45, 2.75) is 77.7 Å². The lowest BCUT2D eigenvalue weighted by atomic mass is 10.1. The van der Waals surface area contributed by atoms with E-state index in [1.54, 1.807) is 19.2 Å². The molecule has 0 radical (unpaired) electrons. The topological polar surface area (TPSA) is 74.6 Å². The Morgan fingerprint density at radius 2 is 1.49 bits per heavy atom. The number of unbranched alkanes of at least 4 members (excludes halogenated alkanes) is 8. The van der Waals surface area contributed by atoms with Gasteiger partial charge in [-0.15, -0.1) is 0 Å². The number of carbonyl (C=O) groups is 1. The highest BCUT2D eigenvalue weighted by atomic mass is 16.5. The van der Waals surface area contributed by atoms with Gasteiger partial charge in [-0.25, -0.2) is 4.98 Å². The molecule has 0 bridgehead atoms. The van der Waals surface area contributed by atoms with Gasteiger partial charge < -0.3 is 24.1 Å². The fourth-order valence-corrected chi connectivity index (χ4v) is 4.75. The first-order chi connectivity index (χ1) is 18.1. The number of para-hydroxylation sites is 2. The van der Waals surface area contributed by atoms with Crippen molar-refractivity contribution in [3.05, 3.63) is 47.8 Å². The molecule has 0 fully saturated rings. The number of carbonyl (C=O) groups excluding carboxylic acids is 1. The van der Waals surface area contributed by atoms with E-state index in [2.05, 4.69) is 35.0 Å². The Balaban J connectivity index is 1.57. The highest BCUT2D eigenvalue weighted by Crippen LogP contribution is 2.38. The molecule has 0 aliphatic carbocycles. The van der Waals surface area contributed by atoms with Crippen molar-refractivity contribution >= 4 is 16.9 Å². The first kappa shape index (κ1) is 28.4. The third-order valence-corrected chi connectivity index (χ3v) is 6.78. The Morgan fingerprint density at radius 1 is 0.865 bits per heavy atom. The Bertz CT molecular complexity index is 1100. The lowest BCUT2D eigenvalue weighted by molar-refractivity contribution is 0.0953. The maximum absolute atomic E-state index is 12.9. The second kappa shape index (κ2) is 15.1. The molecule has 3 rings (SSSR count). The molecular formula is C30H43N3O4. The van der Waals surface area contributed by atoms with E-state index in [0.717, 1.165) is 29.8 Å². The van der Waals surface area contributed by atoms with Crippen LogP contribution < -0.4 is 19.5 Å². The van der Waals surface area contributed by atoms with E-state index >= 15 is 0 Å². The molecule has 0 aliphatic heterocycles. The number of amides is 1. The number of rotatable bonds is 17. The molecule has 37 heavy (non-hydrogen) atoms. The predicted octanol–water partition coefficient (Wildman–Crippen LogP) is 6.57. The summed E-state index contributed by atoms with van der Waals surface area (Å²) in [7, 11) is 4.62. The number of ether oxygens (including phenoxy) is 3. The Morgan fingerprint density at radius 3 is 2.11 bits per heavy atom. The van der Waals surface area contributed by atoms with Gasteiger partial charge >= 0.3 is 0 Å². The van der Waals surface area contributed by atoms with E-state index in [1.807, 2.05) is 6.07 Å². The number of hydrogen-bond acceptors (Lipinski definition) is 5. The molecule has 1 heterocycles. The van der Waals surface area contributed by atoms with Crippen LogP contribution in [0.25, 0.3) is 11.0 Å². The van der Waals surface area contributed by atoms with Crippen molar-refractivity contribution in [1.29, 1.82) is 0 Å². The molecule has 0 spiro atoms. The number of aromatic nitrogens is 2. The molecule has 0 aliphatic rings. The van der Waals surface area contributed by atoms with Crippen LogP contribution in [0.4, 0.5) is 0 Å². The molecule has 1 aromatic heterocycles. The first-order valence-corrected chi connectivity index (χ1v) is 13.6. The molecule has 7 heteroatoms. The minimum Gasteiger partial charge on any atom is -0.493 e. The number of nitrogens with zero attached hydrogens (tertiary/aromatic N) is 2. The average molecular weight is 510 g/mol. The lowest BCUT2D eigenvalue weighted by Crippen LogP contribution is -2.26. The van der Waals surface area contributed by atoms with Gasteiger partial charge in [0, 0.05) is 25.1 Å². The summed E-state index contributed by atoms with van der Waals surface area (Å²) in [6.07, 6.45) is 12.4. The molecule has 0 atom stereocenters. The molecule has 3 aromatic rings. The third kappa shape index (κ3) is 7.88. The van der Waals surface area contributed by atoms with Crippen LogP contribution in [0.1, 0.15) is 80.9 Å². The molecule has 7 nitrogen and oxygen atoms in total. The normalized spacial score (nSPS) is 11.0. The van der Waals surface area contributed by atoms with E-state index in [0.29, 0.717) is 35.8 Å². The summed E-state index contributed by atoms with van der Waals surface area (Å²) in [4.78, 5) is 17.8. The van der Waals surface area contributed by atoms with E-state index < -0.39 is 0 Å². The lowest BCUT2D eigenvalue weighted by Gasteiger charge is -2.14. The van der Waals surface area contributed by atoms with Crippen molar-refractivity contribution in [2.75, 3.05) is 27.9 Å². The van der Waals surface area contributed by atoms with E-state index in [-0.39, 0.29) is 5.91 Å². The van der Waals surface area contributed by atoms with Crippen molar-refractivity contribution < 1.29 is 19.0 Å². The average Bonchev–Trinajstić information content (AvgIpc) is 3.28. The third-order valence-electron chi connectivity index (χ3n) is 6.78. The highest BCUT2D eigenvalue weighted by molar-refractivity contribution is 5.95. The van der Waals surface area contributed by atoms with E-state index in [4.69, 9.17) is 19.2 Å². The predicted molar refractivity (Wildman–Crippen MR) is 149 cm³/mol. The number of methoxy groups -OCH3 is 3.